The van der Waals surface area contributed by atoms with Crippen molar-refractivity contribution >= 4 is 34.3 Å². The Morgan fingerprint density at radius 3 is 2.08 bits per heavy atom. The molecule has 116 valence electrons. The van der Waals surface area contributed by atoms with Crippen LogP contribution < -0.4 is 5.46 Å². The monoisotopic (exact) mass is 308 g/mol. The average Bonchev–Trinajstić information content (AvgIpc) is 2.57. The maximum absolute atomic E-state index is 2.35. The lowest BCUT2D eigenvalue weighted by Crippen LogP contribution is -2.17. The summed E-state index contributed by atoms with van der Waals surface area (Å²) in [6, 6.07) is 26.8. The summed E-state index contributed by atoms with van der Waals surface area (Å²) in [7, 11) is 1.08. The molecule has 1 heteroatoms. The summed E-state index contributed by atoms with van der Waals surface area (Å²) in [5.74, 6) is 0. The summed E-state index contributed by atoms with van der Waals surface area (Å²) < 4.78 is 0. The van der Waals surface area contributed by atoms with Crippen LogP contribution in [-0.2, 0) is 6.32 Å². The molecule has 0 radical (unpaired) electrons. The van der Waals surface area contributed by atoms with E-state index in [1.54, 1.807) is 0 Å². The summed E-state index contributed by atoms with van der Waals surface area (Å²) >= 11 is 0. The van der Waals surface area contributed by atoms with Gasteiger partial charge in [-0.3, -0.25) is 0 Å². The molecule has 0 heterocycles. The largest absolute Gasteiger partial charge is 0.162 e. The van der Waals surface area contributed by atoms with Gasteiger partial charge in [0.2, 0.25) is 0 Å². The molecule has 0 amide bonds. The van der Waals surface area contributed by atoms with Gasteiger partial charge in [-0.25, -0.2) is 0 Å². The molecule has 0 saturated heterocycles. The van der Waals surface area contributed by atoms with Crippen LogP contribution >= 0.6 is 0 Å². The fraction of sp³-hybridized carbons (Fsp3) is 0.130. The first-order valence-corrected chi connectivity index (χ1v) is 8.67. The van der Waals surface area contributed by atoms with Crippen molar-refractivity contribution in [2.24, 2.45) is 0 Å². The highest BCUT2D eigenvalue weighted by atomic mass is 14.0. The molecular weight excluding hydrogens is 287 g/mol. The van der Waals surface area contributed by atoms with Gasteiger partial charge in [-0.15, -0.1) is 0 Å². The van der Waals surface area contributed by atoms with Crippen molar-refractivity contribution in [1.29, 1.82) is 0 Å². The fourth-order valence-electron chi connectivity index (χ4n) is 3.74. The Labute approximate surface area is 144 Å². The highest BCUT2D eigenvalue weighted by Gasteiger charge is 2.06. The van der Waals surface area contributed by atoms with Gasteiger partial charge in [-0.2, -0.15) is 0 Å². The Hall–Kier alpha value is -2.54. The molecule has 0 nitrogen and oxygen atoms in total. The Morgan fingerprint density at radius 2 is 1.33 bits per heavy atom. The van der Waals surface area contributed by atoms with Gasteiger partial charge in [0.15, 0.2) is 7.28 Å². The number of hydrogen-bond donors (Lipinski definition) is 0. The van der Waals surface area contributed by atoms with E-state index in [0.29, 0.717) is 0 Å². The van der Waals surface area contributed by atoms with E-state index in [0.717, 1.165) is 13.6 Å². The van der Waals surface area contributed by atoms with E-state index in [9.17, 15) is 0 Å². The first-order valence-electron chi connectivity index (χ1n) is 8.67. The quantitative estimate of drug-likeness (QED) is 0.374. The second kappa shape index (κ2) is 6.16. The summed E-state index contributed by atoms with van der Waals surface area (Å²) in [6.07, 6.45) is 1.09. The van der Waals surface area contributed by atoms with Gasteiger partial charge in [-0.1, -0.05) is 82.8 Å². The Kier molecular flexibility index (Phi) is 3.86. The van der Waals surface area contributed by atoms with E-state index in [2.05, 4.69) is 86.6 Å². The lowest BCUT2D eigenvalue weighted by molar-refractivity contribution is 1.29. The number of benzene rings is 4. The maximum atomic E-state index is 2.35. The molecule has 0 bridgehead atoms. The summed E-state index contributed by atoms with van der Waals surface area (Å²) in [4.78, 5) is 0. The zero-order valence-electron chi connectivity index (χ0n) is 14.3. The predicted molar refractivity (Wildman–Crippen MR) is 108 cm³/mol. The fourth-order valence-corrected chi connectivity index (χ4v) is 3.74. The molecule has 0 aliphatic heterocycles. The van der Waals surface area contributed by atoms with Crippen LogP contribution in [0.4, 0.5) is 0 Å². The number of aryl methyl sites for hydroxylation is 2. The van der Waals surface area contributed by atoms with Crippen molar-refractivity contribution in [3.05, 3.63) is 89.5 Å². The van der Waals surface area contributed by atoms with Gasteiger partial charge in [0.1, 0.15) is 0 Å². The molecule has 0 unspecified atom stereocenters. The molecule has 24 heavy (non-hydrogen) atoms. The minimum Gasteiger partial charge on any atom is -0.0765 e. The molecule has 4 aromatic rings. The molecule has 0 aliphatic carbocycles. The number of rotatable bonds is 3. The van der Waals surface area contributed by atoms with Crippen LogP contribution in [0, 0.1) is 13.8 Å². The molecule has 0 N–H and O–H groups in total. The average molecular weight is 308 g/mol. The Bertz CT molecular complexity index is 1010. The lowest BCUT2D eigenvalue weighted by atomic mass is 9.63. The van der Waals surface area contributed by atoms with Crippen LogP contribution in [0.25, 0.3) is 21.5 Å². The lowest BCUT2D eigenvalue weighted by Gasteiger charge is -2.09. The van der Waals surface area contributed by atoms with Gasteiger partial charge in [0, 0.05) is 0 Å². The van der Waals surface area contributed by atoms with E-state index in [-0.39, 0.29) is 0 Å². The second-order valence-electron chi connectivity index (χ2n) is 6.83. The second-order valence-corrected chi connectivity index (χ2v) is 6.83. The van der Waals surface area contributed by atoms with Crippen molar-refractivity contribution in [1.82, 2.24) is 0 Å². The predicted octanol–water partition coefficient (Wildman–Crippen LogP) is 4.87. The van der Waals surface area contributed by atoms with Crippen molar-refractivity contribution in [3.8, 4) is 0 Å². The molecule has 0 atom stereocenters. The Morgan fingerprint density at radius 1 is 0.667 bits per heavy atom. The van der Waals surface area contributed by atoms with E-state index in [1.165, 1.54) is 43.7 Å². The first kappa shape index (κ1) is 15.0. The van der Waals surface area contributed by atoms with Gasteiger partial charge in [0.25, 0.3) is 0 Å². The third kappa shape index (κ3) is 2.95. The first-order chi connectivity index (χ1) is 11.7. The zero-order valence-corrected chi connectivity index (χ0v) is 14.3. The molecule has 4 aromatic carbocycles. The third-order valence-corrected chi connectivity index (χ3v) is 4.80. The zero-order chi connectivity index (χ0) is 16.5. The van der Waals surface area contributed by atoms with Gasteiger partial charge in [0.05, 0.1) is 0 Å². The smallest absolute Gasteiger partial charge is 0.0765 e. The Balaban J connectivity index is 1.72. The minimum absolute atomic E-state index is 1.08. The standard InChI is InChI=1S/C23H21B/c1-16-10-17(2)12-18(11-16)15-24-23-9-5-8-21-13-19-6-3-4-7-20(19)14-22(21)23/h3-14,24H,15H2,1-2H3. The van der Waals surface area contributed by atoms with E-state index >= 15 is 0 Å². The van der Waals surface area contributed by atoms with Gasteiger partial charge < -0.3 is 0 Å². The molecule has 0 aromatic heterocycles. The minimum atomic E-state index is 1.08. The van der Waals surface area contributed by atoms with Crippen molar-refractivity contribution in [2.75, 3.05) is 0 Å². The van der Waals surface area contributed by atoms with Crippen LogP contribution in [0.15, 0.2) is 72.8 Å². The maximum Gasteiger partial charge on any atom is 0.162 e. The topological polar surface area (TPSA) is 0 Å². The third-order valence-electron chi connectivity index (χ3n) is 4.80. The van der Waals surface area contributed by atoms with Crippen molar-refractivity contribution in [2.45, 2.75) is 20.2 Å². The molecular formula is C23H21B. The van der Waals surface area contributed by atoms with Crippen LogP contribution in [-0.4, -0.2) is 7.28 Å². The summed E-state index contributed by atoms with van der Waals surface area (Å²) in [5, 5.41) is 5.37. The van der Waals surface area contributed by atoms with Crippen molar-refractivity contribution < 1.29 is 0 Å². The van der Waals surface area contributed by atoms with Crippen LogP contribution in [0.3, 0.4) is 0 Å². The van der Waals surface area contributed by atoms with E-state index < -0.39 is 0 Å². The summed E-state index contributed by atoms with van der Waals surface area (Å²) in [5.41, 5.74) is 5.59. The summed E-state index contributed by atoms with van der Waals surface area (Å²) in [6.45, 7) is 4.36. The number of hydrogen-bond acceptors (Lipinski definition) is 0. The SMILES string of the molecule is Cc1cc(C)cc(CBc2cccc3cc4ccccc4cc23)c1. The normalized spacial score (nSPS) is 11.1. The van der Waals surface area contributed by atoms with E-state index in [1.807, 2.05) is 0 Å². The van der Waals surface area contributed by atoms with Gasteiger partial charge in [-0.05, 0) is 53.8 Å². The van der Waals surface area contributed by atoms with Crippen LogP contribution in [0.5, 0.6) is 0 Å². The molecule has 4 rings (SSSR count). The number of fused-ring (bicyclic) bond motifs is 2. The van der Waals surface area contributed by atoms with Gasteiger partial charge >= 0.3 is 0 Å². The highest BCUT2D eigenvalue weighted by Crippen LogP contribution is 2.21. The molecule has 0 spiro atoms. The van der Waals surface area contributed by atoms with Crippen LogP contribution in [0.2, 0.25) is 0 Å². The molecule has 0 fully saturated rings. The van der Waals surface area contributed by atoms with Crippen LogP contribution in [0.1, 0.15) is 16.7 Å². The molecule has 0 aliphatic rings. The molecule has 0 saturated carbocycles. The highest BCUT2D eigenvalue weighted by molar-refractivity contribution is 6.56. The van der Waals surface area contributed by atoms with E-state index in [4.69, 9.17) is 0 Å². The van der Waals surface area contributed by atoms with Crippen molar-refractivity contribution in [3.63, 3.8) is 0 Å².